The van der Waals surface area contributed by atoms with Crippen molar-refractivity contribution in [3.05, 3.63) is 228 Å². The molecule has 14 rings (SSSR count). The quantitative estimate of drug-likeness (QED) is 0.179. The molecule has 0 fully saturated rings. The van der Waals surface area contributed by atoms with Crippen molar-refractivity contribution in [2.24, 2.45) is 0 Å². The van der Waals surface area contributed by atoms with Crippen LogP contribution < -0.4 is 4.90 Å². The zero-order valence-electron chi connectivity index (χ0n) is 33.6. The van der Waals surface area contributed by atoms with Crippen LogP contribution in [0.1, 0.15) is 27.8 Å². The standard InChI is InChI=1S/C58H32FN3O/c59-48-22-10-18-42-43-19-11-25-51(57(43)63-56(42)48)61(36-29-26-34(33-60)27-30-36)52-32-47-54(40-16-4-3-14-38(40)52)53-37-13-2-1-12-35(37)28-31-45(53)58(47)44-20-6-8-24-50(44)62-49-23-7-5-15-39(49)41-17-9-21-46(58)55(41)62/h1-32H. The van der Waals surface area contributed by atoms with E-state index >= 15 is 4.39 Å². The third kappa shape index (κ3) is 4.27. The highest BCUT2D eigenvalue weighted by Crippen LogP contribution is 2.64. The van der Waals surface area contributed by atoms with Crippen LogP contribution in [0.4, 0.5) is 21.5 Å². The largest absolute Gasteiger partial charge is 0.451 e. The van der Waals surface area contributed by atoms with E-state index in [-0.39, 0.29) is 5.58 Å². The Morgan fingerprint density at radius 2 is 1.14 bits per heavy atom. The zero-order valence-corrected chi connectivity index (χ0v) is 33.6. The SMILES string of the molecule is N#Cc1ccc(N(c2cc3c(c4ccccc24)-c2c(ccc4ccccc24)C32c3ccccc3-n3c4ccccc4c4cccc2c43)c2cccc3c2oc2c(F)cccc23)cc1. The van der Waals surface area contributed by atoms with Crippen LogP contribution in [-0.2, 0) is 5.41 Å². The molecule has 1 aliphatic heterocycles. The highest BCUT2D eigenvalue weighted by molar-refractivity contribution is 6.19. The number of aromatic nitrogens is 1. The van der Waals surface area contributed by atoms with Crippen LogP contribution >= 0.6 is 0 Å². The van der Waals surface area contributed by atoms with Crippen molar-refractivity contribution in [1.29, 1.82) is 5.26 Å². The summed E-state index contributed by atoms with van der Waals surface area (Å²) in [6.07, 6.45) is 0. The lowest BCUT2D eigenvalue weighted by Crippen LogP contribution is -2.33. The Morgan fingerprint density at radius 1 is 0.492 bits per heavy atom. The highest BCUT2D eigenvalue weighted by atomic mass is 19.1. The smallest absolute Gasteiger partial charge is 0.171 e. The molecule has 1 aliphatic carbocycles. The second-order valence-electron chi connectivity index (χ2n) is 16.8. The van der Waals surface area contributed by atoms with Gasteiger partial charge in [-0.1, -0.05) is 140 Å². The summed E-state index contributed by atoms with van der Waals surface area (Å²) in [5.74, 6) is -0.406. The predicted molar refractivity (Wildman–Crippen MR) is 253 cm³/mol. The number of hydrogen-bond acceptors (Lipinski definition) is 3. The first-order chi connectivity index (χ1) is 31.1. The van der Waals surface area contributed by atoms with E-state index in [1.807, 2.05) is 42.5 Å². The molecular formula is C58H32FN3O. The average Bonchev–Trinajstić information content (AvgIpc) is 4.00. The monoisotopic (exact) mass is 805 g/mol. The van der Waals surface area contributed by atoms with E-state index in [9.17, 15) is 5.26 Å². The summed E-state index contributed by atoms with van der Waals surface area (Å²) in [4.78, 5) is 2.24. The lowest BCUT2D eigenvalue weighted by atomic mass is 9.65. The van der Waals surface area contributed by atoms with Crippen LogP contribution in [0.3, 0.4) is 0 Å². The molecular weight excluding hydrogens is 774 g/mol. The third-order valence-corrected chi connectivity index (χ3v) is 13.8. The van der Waals surface area contributed by atoms with Crippen molar-refractivity contribution in [2.45, 2.75) is 5.41 Å². The Kier molecular flexibility index (Phi) is 6.70. The normalized spacial score (nSPS) is 14.8. The van der Waals surface area contributed by atoms with Gasteiger partial charge in [0.15, 0.2) is 17.0 Å². The third-order valence-electron chi connectivity index (χ3n) is 13.8. The lowest BCUT2D eigenvalue weighted by molar-refractivity contribution is 0.584. The van der Waals surface area contributed by atoms with Gasteiger partial charge in [0, 0.05) is 32.6 Å². The summed E-state index contributed by atoms with van der Waals surface area (Å²) in [5.41, 5.74) is 14.0. The fraction of sp³-hybridized carbons (Fsp3) is 0.0172. The number of benzene rings is 10. The molecule has 12 aromatic rings. The van der Waals surface area contributed by atoms with Crippen LogP contribution in [0.5, 0.6) is 0 Å². The Morgan fingerprint density at radius 3 is 2.00 bits per heavy atom. The van der Waals surface area contributed by atoms with E-state index in [4.69, 9.17) is 4.42 Å². The maximum atomic E-state index is 15.5. The van der Waals surface area contributed by atoms with E-state index in [2.05, 4.69) is 155 Å². The molecule has 5 heteroatoms. The average molecular weight is 806 g/mol. The number of fused-ring (bicyclic) bond motifs is 19. The van der Waals surface area contributed by atoms with Crippen molar-refractivity contribution < 1.29 is 8.81 Å². The Bertz CT molecular complexity index is 4020. The minimum Gasteiger partial charge on any atom is -0.451 e. The first-order valence-electron chi connectivity index (χ1n) is 21.3. The summed E-state index contributed by atoms with van der Waals surface area (Å²) < 4.78 is 24.6. The molecule has 1 atom stereocenters. The first-order valence-corrected chi connectivity index (χ1v) is 21.3. The van der Waals surface area contributed by atoms with Gasteiger partial charge in [-0.25, -0.2) is 4.39 Å². The molecule has 1 spiro atoms. The maximum Gasteiger partial charge on any atom is 0.171 e. The molecule has 0 saturated carbocycles. The number of halogens is 1. The highest BCUT2D eigenvalue weighted by Gasteiger charge is 2.52. The molecule has 0 amide bonds. The molecule has 0 bridgehead atoms. The lowest BCUT2D eigenvalue weighted by Gasteiger charge is -2.40. The van der Waals surface area contributed by atoms with Gasteiger partial charge in [0.25, 0.3) is 0 Å². The number of rotatable bonds is 3. The zero-order chi connectivity index (χ0) is 41.6. The van der Waals surface area contributed by atoms with Crippen molar-refractivity contribution in [3.8, 4) is 22.9 Å². The van der Waals surface area contributed by atoms with E-state index in [1.54, 1.807) is 6.07 Å². The van der Waals surface area contributed by atoms with Gasteiger partial charge >= 0.3 is 0 Å². The minimum atomic E-state index is -0.737. The van der Waals surface area contributed by atoms with E-state index in [1.165, 1.54) is 72.0 Å². The summed E-state index contributed by atoms with van der Waals surface area (Å²) >= 11 is 0. The molecule has 1 unspecified atom stereocenters. The van der Waals surface area contributed by atoms with E-state index in [0.29, 0.717) is 16.5 Å². The number of nitriles is 1. The van der Waals surface area contributed by atoms with Crippen molar-refractivity contribution >= 4 is 82.4 Å². The van der Waals surface area contributed by atoms with Crippen LogP contribution in [-0.4, -0.2) is 4.57 Å². The van der Waals surface area contributed by atoms with E-state index < -0.39 is 11.2 Å². The van der Waals surface area contributed by atoms with E-state index in [0.717, 1.165) is 38.9 Å². The fourth-order valence-electron chi connectivity index (χ4n) is 11.4. The van der Waals surface area contributed by atoms with Crippen molar-refractivity contribution in [2.75, 3.05) is 4.90 Å². The molecule has 3 heterocycles. The fourth-order valence-corrected chi connectivity index (χ4v) is 11.4. The Balaban J connectivity index is 1.19. The van der Waals surface area contributed by atoms with Gasteiger partial charge in [0.05, 0.1) is 45.1 Å². The Hall–Kier alpha value is -8.46. The molecule has 2 aliphatic rings. The van der Waals surface area contributed by atoms with Gasteiger partial charge in [-0.15, -0.1) is 0 Å². The van der Waals surface area contributed by atoms with Crippen molar-refractivity contribution in [3.63, 3.8) is 0 Å². The number of anilines is 3. The number of para-hydroxylation sites is 5. The summed E-state index contributed by atoms with van der Waals surface area (Å²) in [6, 6.07) is 70.3. The van der Waals surface area contributed by atoms with Gasteiger partial charge in [0.2, 0.25) is 0 Å². The second-order valence-corrected chi connectivity index (χ2v) is 16.8. The van der Waals surface area contributed by atoms with Crippen LogP contribution in [0, 0.1) is 17.1 Å². The minimum absolute atomic E-state index is 0.224. The molecule has 63 heavy (non-hydrogen) atoms. The molecule has 0 saturated heterocycles. The van der Waals surface area contributed by atoms with Crippen LogP contribution in [0.25, 0.3) is 82.1 Å². The van der Waals surface area contributed by atoms with Gasteiger partial charge in [-0.3, -0.25) is 0 Å². The van der Waals surface area contributed by atoms with Gasteiger partial charge in [-0.2, -0.15) is 5.26 Å². The molecule has 10 aromatic carbocycles. The number of nitrogens with zero attached hydrogens (tertiary/aromatic N) is 3. The summed E-state index contributed by atoms with van der Waals surface area (Å²) in [7, 11) is 0. The van der Waals surface area contributed by atoms with Crippen molar-refractivity contribution in [1.82, 2.24) is 4.57 Å². The molecule has 4 nitrogen and oxygen atoms in total. The molecule has 2 aromatic heterocycles. The van der Waals surface area contributed by atoms with Gasteiger partial charge < -0.3 is 13.9 Å². The van der Waals surface area contributed by atoms with Crippen LogP contribution in [0.2, 0.25) is 0 Å². The summed E-state index contributed by atoms with van der Waals surface area (Å²) in [6.45, 7) is 0. The van der Waals surface area contributed by atoms with Gasteiger partial charge in [-0.05, 0) is 104 Å². The maximum absolute atomic E-state index is 15.5. The molecule has 292 valence electrons. The van der Waals surface area contributed by atoms with Crippen LogP contribution in [0.15, 0.2) is 199 Å². The molecule has 0 N–H and O–H groups in total. The topological polar surface area (TPSA) is 45.1 Å². The first kappa shape index (κ1) is 34.3. The number of hydrogen-bond donors (Lipinski definition) is 0. The second kappa shape index (κ2) is 12.3. The summed E-state index contributed by atoms with van der Waals surface area (Å²) in [5, 5.41) is 18.5. The van der Waals surface area contributed by atoms with Gasteiger partial charge in [0.1, 0.15) is 0 Å². The number of furan rings is 1. The Labute approximate surface area is 360 Å². The predicted octanol–water partition coefficient (Wildman–Crippen LogP) is 15.1. The molecule has 0 radical (unpaired) electrons.